The first kappa shape index (κ1) is 22.2. The van der Waals surface area contributed by atoms with Gasteiger partial charge in [-0.3, -0.25) is 19.5 Å². The van der Waals surface area contributed by atoms with E-state index in [4.69, 9.17) is 0 Å². The number of aromatic amines is 1. The highest BCUT2D eigenvalue weighted by Crippen LogP contribution is 2.48. The number of hydrogen-bond acceptors (Lipinski definition) is 6. The first-order valence-corrected chi connectivity index (χ1v) is 13.5. The molecule has 3 aromatic rings. The molecule has 9 heteroatoms. The third kappa shape index (κ3) is 3.58. The summed E-state index contributed by atoms with van der Waals surface area (Å²) in [6.45, 7) is 0. The monoisotopic (exact) mass is 488 g/mol. The van der Waals surface area contributed by atoms with Gasteiger partial charge in [0.05, 0.1) is 11.0 Å². The quantitative estimate of drug-likeness (QED) is 0.608. The molecule has 0 spiro atoms. The second kappa shape index (κ2) is 8.50. The Bertz CT molecular complexity index is 1470. The van der Waals surface area contributed by atoms with Crippen molar-refractivity contribution >= 4 is 11.0 Å². The third-order valence-electron chi connectivity index (χ3n) is 9.35. The topological polar surface area (TPSA) is 106 Å². The van der Waals surface area contributed by atoms with Gasteiger partial charge in [0.25, 0.3) is 11.1 Å². The summed E-state index contributed by atoms with van der Waals surface area (Å²) in [5.74, 6) is 1.74. The van der Waals surface area contributed by atoms with Crippen LogP contribution in [0.2, 0.25) is 0 Å². The molecule has 2 saturated carbocycles. The Morgan fingerprint density at radius 3 is 2.25 bits per heavy atom. The van der Waals surface area contributed by atoms with Gasteiger partial charge >= 0.3 is 5.69 Å². The highest BCUT2D eigenvalue weighted by Gasteiger charge is 2.47. The van der Waals surface area contributed by atoms with Gasteiger partial charge in [-0.2, -0.15) is 9.78 Å². The van der Waals surface area contributed by atoms with Gasteiger partial charge in [-0.05, 0) is 68.9 Å². The zero-order valence-corrected chi connectivity index (χ0v) is 20.4. The number of hydrogen-bond donors (Lipinski definition) is 1. The van der Waals surface area contributed by atoms with Crippen LogP contribution in [0.15, 0.2) is 44.8 Å². The van der Waals surface area contributed by atoms with Crippen LogP contribution in [0.1, 0.15) is 70.3 Å². The zero-order valence-electron chi connectivity index (χ0n) is 20.4. The normalized spacial score (nSPS) is 32.1. The van der Waals surface area contributed by atoms with Gasteiger partial charge in [0.2, 0.25) is 5.82 Å². The summed E-state index contributed by atoms with van der Waals surface area (Å²) in [4.78, 5) is 47.4. The van der Waals surface area contributed by atoms with Crippen LogP contribution in [0.4, 0.5) is 0 Å². The lowest BCUT2D eigenvalue weighted by molar-refractivity contribution is 0.00789. The molecule has 2 aliphatic heterocycles. The van der Waals surface area contributed by atoms with E-state index in [0.29, 0.717) is 23.6 Å². The molecule has 0 radical (unpaired) electrons. The van der Waals surface area contributed by atoms with Crippen molar-refractivity contribution in [3.63, 3.8) is 0 Å². The molecule has 2 aliphatic carbocycles. The SMILES string of the molecule is O=c1cnn(-c2nc3ccccc3n(C3C[C@H]4CC[C@@H](C3)N4C3C[C@H]4CCC[C@@H](C3)C4)c2=O)c(=O)[nH]1. The van der Waals surface area contributed by atoms with Gasteiger partial charge in [0.15, 0.2) is 0 Å². The fourth-order valence-electron chi connectivity index (χ4n) is 8.08. The average Bonchev–Trinajstić information content (AvgIpc) is 3.13. The minimum atomic E-state index is -0.758. The van der Waals surface area contributed by atoms with Crippen molar-refractivity contribution in [2.45, 2.75) is 88.4 Å². The molecule has 2 saturated heterocycles. The molecule has 4 bridgehead atoms. The first-order chi connectivity index (χ1) is 17.5. The number of H-pyrrole nitrogens is 1. The van der Waals surface area contributed by atoms with Crippen LogP contribution in [0.5, 0.6) is 0 Å². The molecule has 4 heterocycles. The molecule has 2 unspecified atom stereocenters. The summed E-state index contributed by atoms with van der Waals surface area (Å²) in [5, 5.41) is 3.92. The van der Waals surface area contributed by atoms with Crippen LogP contribution >= 0.6 is 0 Å². The Hall–Kier alpha value is -3.07. The fourth-order valence-corrected chi connectivity index (χ4v) is 8.08. The van der Waals surface area contributed by atoms with E-state index in [2.05, 4.69) is 20.0 Å². The van der Waals surface area contributed by atoms with Crippen LogP contribution in [0, 0.1) is 11.8 Å². The Kier molecular flexibility index (Phi) is 5.23. The fraction of sp³-hybridized carbons (Fsp3) is 0.593. The number of para-hydroxylation sites is 2. The van der Waals surface area contributed by atoms with Crippen molar-refractivity contribution in [2.24, 2.45) is 11.8 Å². The zero-order chi connectivity index (χ0) is 24.4. The molecule has 36 heavy (non-hydrogen) atoms. The van der Waals surface area contributed by atoms with Crippen molar-refractivity contribution in [1.29, 1.82) is 0 Å². The summed E-state index contributed by atoms with van der Waals surface area (Å²) in [6, 6.07) is 9.32. The van der Waals surface area contributed by atoms with Gasteiger partial charge in [0, 0.05) is 24.2 Å². The lowest BCUT2D eigenvalue weighted by Crippen LogP contribution is -2.52. The molecule has 6 atom stereocenters. The van der Waals surface area contributed by atoms with Crippen molar-refractivity contribution in [1.82, 2.24) is 29.2 Å². The molecular formula is C27H32N6O3. The number of fused-ring (bicyclic) bond motifs is 5. The molecule has 4 fully saturated rings. The number of rotatable bonds is 3. The van der Waals surface area contributed by atoms with Crippen LogP contribution in [-0.2, 0) is 0 Å². The smallest absolute Gasteiger partial charge is 0.300 e. The highest BCUT2D eigenvalue weighted by molar-refractivity contribution is 5.75. The lowest BCUT2D eigenvalue weighted by atomic mass is 9.69. The molecule has 1 aromatic carbocycles. The molecular weight excluding hydrogens is 456 g/mol. The van der Waals surface area contributed by atoms with E-state index in [1.54, 1.807) is 0 Å². The molecule has 2 aromatic heterocycles. The molecule has 1 N–H and O–H groups in total. The van der Waals surface area contributed by atoms with E-state index in [-0.39, 0.29) is 17.4 Å². The number of piperidine rings is 1. The summed E-state index contributed by atoms with van der Waals surface area (Å²) in [7, 11) is 0. The van der Waals surface area contributed by atoms with Crippen LogP contribution < -0.4 is 16.8 Å². The van der Waals surface area contributed by atoms with Gasteiger partial charge in [-0.25, -0.2) is 9.78 Å². The van der Waals surface area contributed by atoms with Crippen molar-refractivity contribution < 1.29 is 0 Å². The third-order valence-corrected chi connectivity index (χ3v) is 9.35. The molecule has 188 valence electrons. The lowest BCUT2D eigenvalue weighted by Gasteiger charge is -2.49. The Morgan fingerprint density at radius 1 is 0.806 bits per heavy atom. The number of nitrogens with zero attached hydrogens (tertiary/aromatic N) is 5. The number of nitrogens with one attached hydrogen (secondary N) is 1. The van der Waals surface area contributed by atoms with E-state index in [1.165, 1.54) is 51.4 Å². The van der Waals surface area contributed by atoms with Crippen LogP contribution in [0.25, 0.3) is 16.9 Å². The van der Waals surface area contributed by atoms with Crippen molar-refractivity contribution in [2.75, 3.05) is 0 Å². The van der Waals surface area contributed by atoms with E-state index >= 15 is 0 Å². The van der Waals surface area contributed by atoms with Crippen molar-refractivity contribution in [3.8, 4) is 5.82 Å². The van der Waals surface area contributed by atoms with Crippen LogP contribution in [-0.4, -0.2) is 47.3 Å². The maximum Gasteiger partial charge on any atom is 0.351 e. The molecule has 4 aliphatic rings. The number of aromatic nitrogens is 5. The van der Waals surface area contributed by atoms with Gasteiger partial charge in [-0.1, -0.05) is 31.4 Å². The van der Waals surface area contributed by atoms with E-state index in [1.807, 2.05) is 28.8 Å². The largest absolute Gasteiger partial charge is 0.351 e. The average molecular weight is 489 g/mol. The molecule has 7 rings (SSSR count). The second-order valence-electron chi connectivity index (χ2n) is 11.4. The Morgan fingerprint density at radius 2 is 1.53 bits per heavy atom. The Balaban J connectivity index is 1.27. The first-order valence-electron chi connectivity index (χ1n) is 13.5. The summed E-state index contributed by atoms with van der Waals surface area (Å²) < 4.78 is 2.77. The van der Waals surface area contributed by atoms with Gasteiger partial charge in [0.1, 0.15) is 6.20 Å². The van der Waals surface area contributed by atoms with Crippen LogP contribution in [0.3, 0.4) is 0 Å². The minimum Gasteiger partial charge on any atom is -0.300 e. The van der Waals surface area contributed by atoms with Gasteiger partial charge < -0.3 is 4.57 Å². The predicted molar refractivity (Wildman–Crippen MR) is 135 cm³/mol. The maximum absolute atomic E-state index is 13.9. The standard InChI is InChI=1S/C27H32N6O3/c34-24-15-28-33(27(36)30-24)25-26(35)32(23-7-2-1-6-22(23)29-25)21-13-18-8-9-19(14-21)31(18)20-11-16-4-3-5-17(10-16)12-20/h1-2,6-7,15-21H,3-5,8-14H2,(H,30,34,36)/t16-,17+,18-,19+,20?,21?. The van der Waals surface area contributed by atoms with Crippen molar-refractivity contribution in [3.05, 3.63) is 61.7 Å². The summed E-state index contributed by atoms with van der Waals surface area (Å²) >= 11 is 0. The summed E-state index contributed by atoms with van der Waals surface area (Å²) in [5.41, 5.74) is -0.268. The molecule has 0 amide bonds. The van der Waals surface area contributed by atoms with E-state index in [0.717, 1.165) is 41.1 Å². The Labute approximate surface area is 208 Å². The highest BCUT2D eigenvalue weighted by atomic mass is 16.2. The van der Waals surface area contributed by atoms with Gasteiger partial charge in [-0.15, -0.1) is 0 Å². The second-order valence-corrected chi connectivity index (χ2v) is 11.4. The van der Waals surface area contributed by atoms with E-state index in [9.17, 15) is 14.4 Å². The number of benzene rings is 1. The maximum atomic E-state index is 13.9. The van der Waals surface area contributed by atoms with E-state index < -0.39 is 11.2 Å². The molecule has 9 nitrogen and oxygen atoms in total. The summed E-state index contributed by atoms with van der Waals surface area (Å²) in [6.07, 6.45) is 13.6. The minimum absolute atomic E-state index is 0.0412. The predicted octanol–water partition coefficient (Wildman–Crippen LogP) is 2.77.